The number of hydrogen-bond donors (Lipinski definition) is 1. The normalized spacial score (nSPS) is 10.9. The summed E-state index contributed by atoms with van der Waals surface area (Å²) in [5.41, 5.74) is 8.61. The van der Waals surface area contributed by atoms with Gasteiger partial charge in [-0.25, -0.2) is 13.1 Å². The summed E-state index contributed by atoms with van der Waals surface area (Å²) in [4.78, 5) is 2.71. The van der Waals surface area contributed by atoms with Crippen LogP contribution in [0.4, 0.5) is 5.69 Å². The average Bonchev–Trinajstić information content (AvgIpc) is 2.91. The first-order chi connectivity index (χ1) is 9.12. The summed E-state index contributed by atoms with van der Waals surface area (Å²) in [7, 11) is -3.61. The fraction of sp³-hybridized carbons (Fsp3) is 0.0909. The maximum atomic E-state index is 11.9. The highest BCUT2D eigenvalue weighted by atomic mass is 32.2. The molecule has 0 spiro atoms. The number of nitrogens with one attached hydrogen (secondary N) is 1. The van der Waals surface area contributed by atoms with Crippen LogP contribution in [-0.2, 0) is 16.6 Å². The highest BCUT2D eigenvalue weighted by Crippen LogP contribution is 2.16. The maximum absolute atomic E-state index is 11.9. The summed E-state index contributed by atoms with van der Waals surface area (Å²) in [5, 5.41) is 3.37. The van der Waals surface area contributed by atoms with E-state index in [2.05, 4.69) is 14.7 Å². The molecule has 1 N–H and O–H groups in total. The molecule has 8 heteroatoms. The van der Waals surface area contributed by atoms with Gasteiger partial charge in [0.15, 0.2) is 0 Å². The Morgan fingerprint density at radius 1 is 1.26 bits per heavy atom. The van der Waals surface area contributed by atoms with Crippen molar-refractivity contribution in [2.45, 2.75) is 11.4 Å². The van der Waals surface area contributed by atoms with Gasteiger partial charge in [0, 0.05) is 10.6 Å². The van der Waals surface area contributed by atoms with Crippen LogP contribution in [-0.4, -0.2) is 8.42 Å². The van der Waals surface area contributed by atoms with Gasteiger partial charge in [-0.05, 0) is 29.8 Å². The molecule has 0 aliphatic carbocycles. The van der Waals surface area contributed by atoms with E-state index in [4.69, 9.17) is 9.95 Å². The number of furan rings is 1. The zero-order chi connectivity index (χ0) is 13.7. The molecule has 2 rings (SSSR count). The standard InChI is InChI=1S/C11H10N4O3S/c12-15-14-9-3-5-11(6-4-9)19(16,17)13-8-10-2-1-7-18-10/h1-7,13H,8H2. The van der Waals surface area contributed by atoms with E-state index in [1.54, 1.807) is 12.1 Å². The van der Waals surface area contributed by atoms with Gasteiger partial charge in [-0.2, -0.15) is 0 Å². The summed E-state index contributed by atoms with van der Waals surface area (Å²) in [6.45, 7) is 0.0768. The minimum absolute atomic E-state index is 0.0768. The van der Waals surface area contributed by atoms with E-state index in [1.165, 1.54) is 30.5 Å². The molecular weight excluding hydrogens is 268 g/mol. The van der Waals surface area contributed by atoms with Crippen LogP contribution < -0.4 is 4.72 Å². The third kappa shape index (κ3) is 3.35. The predicted octanol–water partition coefficient (Wildman–Crippen LogP) is 2.70. The van der Waals surface area contributed by atoms with Gasteiger partial charge < -0.3 is 4.42 Å². The van der Waals surface area contributed by atoms with Gasteiger partial charge in [-0.1, -0.05) is 17.2 Å². The second-order valence-corrected chi connectivity index (χ2v) is 5.35. The van der Waals surface area contributed by atoms with Gasteiger partial charge in [0.1, 0.15) is 5.76 Å². The van der Waals surface area contributed by atoms with Crippen LogP contribution in [0.2, 0.25) is 0 Å². The number of rotatable bonds is 5. The van der Waals surface area contributed by atoms with E-state index in [-0.39, 0.29) is 11.4 Å². The summed E-state index contributed by atoms with van der Waals surface area (Å²) >= 11 is 0. The fourth-order valence-corrected chi connectivity index (χ4v) is 2.40. The van der Waals surface area contributed by atoms with E-state index in [9.17, 15) is 8.42 Å². The Balaban J connectivity index is 2.12. The Bertz CT molecular complexity index is 686. The van der Waals surface area contributed by atoms with Crippen molar-refractivity contribution in [1.29, 1.82) is 0 Å². The third-order valence-electron chi connectivity index (χ3n) is 2.32. The molecule has 0 amide bonds. The second kappa shape index (κ2) is 5.57. The lowest BCUT2D eigenvalue weighted by atomic mass is 10.3. The van der Waals surface area contributed by atoms with Crippen molar-refractivity contribution in [2.24, 2.45) is 5.11 Å². The molecular formula is C11H10N4O3S. The number of sulfonamides is 1. The van der Waals surface area contributed by atoms with Crippen LogP contribution >= 0.6 is 0 Å². The van der Waals surface area contributed by atoms with Crippen molar-refractivity contribution in [2.75, 3.05) is 0 Å². The SMILES string of the molecule is [N-]=[N+]=Nc1ccc(S(=O)(=O)NCc2ccco2)cc1. The molecule has 0 saturated carbocycles. The smallest absolute Gasteiger partial charge is 0.240 e. The van der Waals surface area contributed by atoms with Crippen molar-refractivity contribution in [3.8, 4) is 0 Å². The van der Waals surface area contributed by atoms with Crippen molar-refractivity contribution >= 4 is 15.7 Å². The zero-order valence-electron chi connectivity index (χ0n) is 9.72. The maximum Gasteiger partial charge on any atom is 0.240 e. The molecule has 0 fully saturated rings. The Kier molecular flexibility index (Phi) is 3.86. The summed E-state index contributed by atoms with van der Waals surface area (Å²) in [6.07, 6.45) is 1.47. The molecule has 1 aromatic heterocycles. The monoisotopic (exact) mass is 278 g/mol. The van der Waals surface area contributed by atoms with Crippen LogP contribution in [0.1, 0.15) is 5.76 Å². The summed E-state index contributed by atoms with van der Waals surface area (Å²) in [5.74, 6) is 0.522. The molecule has 0 radical (unpaired) electrons. The average molecular weight is 278 g/mol. The lowest BCUT2D eigenvalue weighted by molar-refractivity contribution is 0.498. The molecule has 0 aliphatic heterocycles. The van der Waals surface area contributed by atoms with Gasteiger partial charge in [-0.3, -0.25) is 0 Å². The minimum Gasteiger partial charge on any atom is -0.468 e. The van der Waals surface area contributed by atoms with E-state index in [0.29, 0.717) is 11.4 Å². The van der Waals surface area contributed by atoms with Crippen molar-refractivity contribution in [3.63, 3.8) is 0 Å². The molecule has 19 heavy (non-hydrogen) atoms. The molecule has 0 aliphatic rings. The zero-order valence-corrected chi connectivity index (χ0v) is 10.5. The van der Waals surface area contributed by atoms with E-state index >= 15 is 0 Å². The topological polar surface area (TPSA) is 108 Å². The number of azide groups is 1. The number of nitrogens with zero attached hydrogens (tertiary/aromatic N) is 3. The van der Waals surface area contributed by atoms with Crippen LogP contribution in [0.25, 0.3) is 10.4 Å². The highest BCUT2D eigenvalue weighted by Gasteiger charge is 2.13. The minimum atomic E-state index is -3.61. The Morgan fingerprint density at radius 2 is 2.00 bits per heavy atom. The predicted molar refractivity (Wildman–Crippen MR) is 68.0 cm³/mol. The number of benzene rings is 1. The lowest BCUT2D eigenvalue weighted by Gasteiger charge is -2.05. The molecule has 0 atom stereocenters. The molecule has 1 heterocycles. The second-order valence-electron chi connectivity index (χ2n) is 3.59. The van der Waals surface area contributed by atoms with Gasteiger partial charge in [0.05, 0.1) is 17.7 Å². The molecule has 7 nitrogen and oxygen atoms in total. The van der Waals surface area contributed by atoms with Crippen molar-refractivity contribution < 1.29 is 12.8 Å². The quantitative estimate of drug-likeness (QED) is 0.516. The Morgan fingerprint density at radius 3 is 2.58 bits per heavy atom. The molecule has 2 aromatic rings. The van der Waals surface area contributed by atoms with Gasteiger partial charge in [0.25, 0.3) is 0 Å². The van der Waals surface area contributed by atoms with E-state index in [0.717, 1.165) is 0 Å². The first-order valence-corrected chi connectivity index (χ1v) is 6.77. The molecule has 1 aromatic carbocycles. The van der Waals surface area contributed by atoms with Gasteiger partial charge in [-0.15, -0.1) is 0 Å². The van der Waals surface area contributed by atoms with E-state index in [1.807, 2.05) is 0 Å². The molecule has 0 saturated heterocycles. The van der Waals surface area contributed by atoms with Crippen LogP contribution in [0.3, 0.4) is 0 Å². The molecule has 0 unspecified atom stereocenters. The first-order valence-electron chi connectivity index (χ1n) is 5.29. The first kappa shape index (κ1) is 13.2. The van der Waals surface area contributed by atoms with Crippen molar-refractivity contribution in [1.82, 2.24) is 4.72 Å². The fourth-order valence-electron chi connectivity index (χ4n) is 1.41. The Labute approximate surface area is 109 Å². The van der Waals surface area contributed by atoms with Crippen LogP contribution in [0.5, 0.6) is 0 Å². The highest BCUT2D eigenvalue weighted by molar-refractivity contribution is 7.89. The molecule has 0 bridgehead atoms. The summed E-state index contributed by atoms with van der Waals surface area (Å²) in [6, 6.07) is 8.96. The van der Waals surface area contributed by atoms with E-state index < -0.39 is 10.0 Å². The molecule has 98 valence electrons. The van der Waals surface area contributed by atoms with Crippen molar-refractivity contribution in [3.05, 3.63) is 58.9 Å². The van der Waals surface area contributed by atoms with Gasteiger partial charge >= 0.3 is 0 Å². The largest absolute Gasteiger partial charge is 0.468 e. The Hall–Kier alpha value is -2.28. The third-order valence-corrected chi connectivity index (χ3v) is 3.74. The van der Waals surface area contributed by atoms with Crippen LogP contribution in [0, 0.1) is 0 Å². The number of hydrogen-bond acceptors (Lipinski definition) is 4. The van der Waals surface area contributed by atoms with Gasteiger partial charge in [0.2, 0.25) is 10.0 Å². The lowest BCUT2D eigenvalue weighted by Crippen LogP contribution is -2.22. The van der Waals surface area contributed by atoms with Crippen LogP contribution in [0.15, 0.2) is 57.1 Å². The summed E-state index contributed by atoms with van der Waals surface area (Å²) < 4.78 is 31.3.